The maximum atomic E-state index is 13.7. The number of hydrogen-bond donors (Lipinski definition) is 1. The number of carbonyl (C=O) groups is 1. The number of amides is 1. The van der Waals surface area contributed by atoms with E-state index in [4.69, 9.17) is 0 Å². The molecule has 0 aliphatic heterocycles. The van der Waals surface area contributed by atoms with Gasteiger partial charge in [-0.05, 0) is 18.2 Å². The van der Waals surface area contributed by atoms with E-state index < -0.39 is 23.2 Å². The van der Waals surface area contributed by atoms with Crippen molar-refractivity contribution in [3.05, 3.63) is 78.1 Å². The molecule has 4 nitrogen and oxygen atoms in total. The second-order valence-electron chi connectivity index (χ2n) is 5.93. The Kier molecular flexibility index (Phi) is 3.99. The number of carbonyl (C=O) groups excluding carboxylic acids is 1. The van der Waals surface area contributed by atoms with Crippen molar-refractivity contribution in [1.29, 1.82) is 0 Å². The number of hydrogen-bond acceptors (Lipinski definition) is 3. The summed E-state index contributed by atoms with van der Waals surface area (Å²) in [6.45, 7) is 0. The lowest BCUT2D eigenvalue weighted by atomic mass is 10.0. The highest BCUT2D eigenvalue weighted by Crippen LogP contribution is 2.37. The van der Waals surface area contributed by atoms with Gasteiger partial charge in [0, 0.05) is 17.0 Å². The molecule has 0 saturated heterocycles. The predicted molar refractivity (Wildman–Crippen MR) is 96.4 cm³/mol. The van der Waals surface area contributed by atoms with Crippen LogP contribution in [0.15, 0.2) is 67.0 Å². The highest BCUT2D eigenvalue weighted by molar-refractivity contribution is 6.08. The van der Waals surface area contributed by atoms with Crippen molar-refractivity contribution in [3.8, 4) is 0 Å². The lowest BCUT2D eigenvalue weighted by Gasteiger charge is -2.15. The highest BCUT2D eigenvalue weighted by atomic mass is 19.4. The molecule has 0 atom stereocenters. The van der Waals surface area contributed by atoms with E-state index >= 15 is 0 Å². The van der Waals surface area contributed by atoms with Crippen molar-refractivity contribution in [2.75, 3.05) is 5.32 Å². The zero-order valence-electron chi connectivity index (χ0n) is 13.8. The quantitative estimate of drug-likeness (QED) is 0.539. The van der Waals surface area contributed by atoms with E-state index in [1.165, 1.54) is 24.4 Å². The van der Waals surface area contributed by atoms with Gasteiger partial charge in [-0.3, -0.25) is 14.8 Å². The monoisotopic (exact) mass is 367 g/mol. The SMILES string of the molecule is O=C(Nc1cnc2ccccc2c1)c1cnc2ccccc2c1C(F)(F)F. The lowest BCUT2D eigenvalue weighted by Crippen LogP contribution is -2.19. The Labute approximate surface area is 151 Å². The van der Waals surface area contributed by atoms with Gasteiger partial charge in [-0.2, -0.15) is 13.2 Å². The number of halogens is 3. The molecule has 0 unspecified atom stereocenters. The smallest absolute Gasteiger partial charge is 0.321 e. The molecule has 0 aliphatic rings. The summed E-state index contributed by atoms with van der Waals surface area (Å²) in [6, 6.07) is 14.7. The molecule has 2 aromatic carbocycles. The molecule has 4 rings (SSSR count). The van der Waals surface area contributed by atoms with Crippen LogP contribution in [-0.4, -0.2) is 15.9 Å². The molecule has 0 radical (unpaired) electrons. The standard InChI is InChI=1S/C20H12F3N3O/c21-20(22,23)18-14-6-2-4-8-17(14)25-11-15(18)19(27)26-13-9-12-5-1-3-7-16(12)24-10-13/h1-11H,(H,26,27). The van der Waals surface area contributed by atoms with Crippen molar-refractivity contribution in [2.45, 2.75) is 6.18 Å². The van der Waals surface area contributed by atoms with Crippen LogP contribution in [0, 0.1) is 0 Å². The molecule has 0 aliphatic carbocycles. The molecular weight excluding hydrogens is 355 g/mol. The van der Waals surface area contributed by atoms with E-state index in [1.54, 1.807) is 24.3 Å². The number of aromatic nitrogens is 2. The summed E-state index contributed by atoms with van der Waals surface area (Å²) in [5.41, 5.74) is -0.332. The Morgan fingerprint density at radius 1 is 0.889 bits per heavy atom. The Hall–Kier alpha value is -3.48. The number of nitrogens with one attached hydrogen (secondary N) is 1. The van der Waals surface area contributed by atoms with E-state index in [2.05, 4.69) is 15.3 Å². The topological polar surface area (TPSA) is 54.9 Å². The molecule has 4 aromatic rings. The van der Waals surface area contributed by atoms with Crippen LogP contribution >= 0.6 is 0 Å². The fourth-order valence-corrected chi connectivity index (χ4v) is 2.96. The number of rotatable bonds is 2. The zero-order valence-corrected chi connectivity index (χ0v) is 13.8. The van der Waals surface area contributed by atoms with Crippen LogP contribution in [0.3, 0.4) is 0 Å². The van der Waals surface area contributed by atoms with E-state index in [9.17, 15) is 18.0 Å². The average molecular weight is 367 g/mol. The highest BCUT2D eigenvalue weighted by Gasteiger charge is 2.37. The average Bonchev–Trinajstić information content (AvgIpc) is 2.66. The molecule has 27 heavy (non-hydrogen) atoms. The molecule has 1 amide bonds. The van der Waals surface area contributed by atoms with Crippen LogP contribution in [0.4, 0.5) is 18.9 Å². The molecule has 0 saturated carbocycles. The largest absolute Gasteiger partial charge is 0.417 e. The fourth-order valence-electron chi connectivity index (χ4n) is 2.96. The van der Waals surface area contributed by atoms with Gasteiger partial charge in [-0.15, -0.1) is 0 Å². The van der Waals surface area contributed by atoms with E-state index in [1.807, 2.05) is 12.1 Å². The Bertz CT molecular complexity index is 1170. The number of para-hydroxylation sites is 2. The first-order valence-electron chi connectivity index (χ1n) is 8.04. The number of pyridine rings is 2. The molecule has 2 heterocycles. The predicted octanol–water partition coefficient (Wildman–Crippen LogP) is 5.05. The first-order chi connectivity index (χ1) is 12.9. The van der Waals surface area contributed by atoms with Gasteiger partial charge in [-0.1, -0.05) is 36.4 Å². The molecular formula is C20H12F3N3O. The Balaban J connectivity index is 1.77. The lowest BCUT2D eigenvalue weighted by molar-refractivity contribution is -0.136. The second kappa shape index (κ2) is 6.35. The van der Waals surface area contributed by atoms with Crippen molar-refractivity contribution in [3.63, 3.8) is 0 Å². The van der Waals surface area contributed by atoms with Crippen LogP contribution in [0.1, 0.15) is 15.9 Å². The second-order valence-corrected chi connectivity index (χ2v) is 5.93. The van der Waals surface area contributed by atoms with Crippen LogP contribution in [0.25, 0.3) is 21.8 Å². The van der Waals surface area contributed by atoms with Crippen molar-refractivity contribution in [1.82, 2.24) is 9.97 Å². The molecule has 7 heteroatoms. The van der Waals surface area contributed by atoms with E-state index in [-0.39, 0.29) is 10.9 Å². The third kappa shape index (κ3) is 3.19. The van der Waals surface area contributed by atoms with Gasteiger partial charge in [0.1, 0.15) is 0 Å². The van der Waals surface area contributed by atoms with Gasteiger partial charge < -0.3 is 5.32 Å². The number of anilines is 1. The molecule has 134 valence electrons. The van der Waals surface area contributed by atoms with Crippen LogP contribution < -0.4 is 5.32 Å². The maximum Gasteiger partial charge on any atom is 0.417 e. The summed E-state index contributed by atoms with van der Waals surface area (Å²) in [5, 5.41) is 3.14. The van der Waals surface area contributed by atoms with Gasteiger partial charge in [0.25, 0.3) is 5.91 Å². The molecule has 2 aromatic heterocycles. The Morgan fingerprint density at radius 3 is 2.33 bits per heavy atom. The number of benzene rings is 2. The van der Waals surface area contributed by atoms with Crippen LogP contribution in [-0.2, 0) is 6.18 Å². The number of alkyl halides is 3. The minimum Gasteiger partial charge on any atom is -0.321 e. The number of fused-ring (bicyclic) bond motifs is 2. The van der Waals surface area contributed by atoms with Gasteiger partial charge in [0.15, 0.2) is 0 Å². The summed E-state index contributed by atoms with van der Waals surface area (Å²) in [6.07, 6.45) is -2.34. The zero-order chi connectivity index (χ0) is 19.0. The minimum atomic E-state index is -4.70. The van der Waals surface area contributed by atoms with Gasteiger partial charge >= 0.3 is 6.18 Å². The van der Waals surface area contributed by atoms with Crippen LogP contribution in [0.2, 0.25) is 0 Å². The summed E-state index contributed by atoms with van der Waals surface area (Å²) in [5.74, 6) is -0.891. The summed E-state index contributed by atoms with van der Waals surface area (Å²) in [4.78, 5) is 20.8. The molecule has 0 bridgehead atoms. The summed E-state index contributed by atoms with van der Waals surface area (Å²) in [7, 11) is 0. The molecule has 0 fully saturated rings. The van der Waals surface area contributed by atoms with Gasteiger partial charge in [-0.25, -0.2) is 0 Å². The van der Waals surface area contributed by atoms with Crippen molar-refractivity contribution < 1.29 is 18.0 Å². The van der Waals surface area contributed by atoms with Crippen molar-refractivity contribution in [2.24, 2.45) is 0 Å². The maximum absolute atomic E-state index is 13.7. The molecule has 1 N–H and O–H groups in total. The summed E-state index contributed by atoms with van der Waals surface area (Å²) >= 11 is 0. The van der Waals surface area contributed by atoms with Crippen molar-refractivity contribution >= 4 is 33.4 Å². The summed E-state index contributed by atoms with van der Waals surface area (Å²) < 4.78 is 41.0. The fraction of sp³-hybridized carbons (Fsp3) is 0.0500. The third-order valence-electron chi connectivity index (χ3n) is 4.15. The van der Waals surface area contributed by atoms with Gasteiger partial charge in [0.2, 0.25) is 0 Å². The minimum absolute atomic E-state index is 0.116. The Morgan fingerprint density at radius 2 is 1.56 bits per heavy atom. The first-order valence-corrected chi connectivity index (χ1v) is 8.04. The molecule has 0 spiro atoms. The van der Waals surface area contributed by atoms with E-state index in [0.717, 1.165) is 17.1 Å². The third-order valence-corrected chi connectivity index (χ3v) is 4.15. The normalized spacial score (nSPS) is 11.7. The van der Waals surface area contributed by atoms with Gasteiger partial charge in [0.05, 0.1) is 34.0 Å². The van der Waals surface area contributed by atoms with E-state index in [0.29, 0.717) is 5.69 Å². The number of nitrogens with zero attached hydrogens (tertiary/aromatic N) is 2. The van der Waals surface area contributed by atoms with Crippen LogP contribution in [0.5, 0.6) is 0 Å². The first kappa shape index (κ1) is 17.0.